The molecular formula is C26H26N2O5. The van der Waals surface area contributed by atoms with Crippen molar-refractivity contribution in [2.24, 2.45) is 5.92 Å². The zero-order chi connectivity index (χ0) is 23.0. The van der Waals surface area contributed by atoms with Gasteiger partial charge in [-0.3, -0.25) is 10.6 Å². The van der Waals surface area contributed by atoms with Crippen molar-refractivity contribution in [3.63, 3.8) is 0 Å². The molecule has 3 N–H and O–H groups in total. The number of carbonyl (C=O) groups excluding carboxylic acids is 2. The zero-order valence-electron chi connectivity index (χ0n) is 18.1. The highest BCUT2D eigenvalue weighted by molar-refractivity contribution is 5.89. The van der Waals surface area contributed by atoms with Crippen LogP contribution in [-0.2, 0) is 22.7 Å². The molecule has 0 aromatic heterocycles. The van der Waals surface area contributed by atoms with E-state index in [-0.39, 0.29) is 19.1 Å². The van der Waals surface area contributed by atoms with Crippen LogP contribution in [-0.4, -0.2) is 17.3 Å². The monoisotopic (exact) mass is 446 g/mol. The minimum Gasteiger partial charge on any atom is -0.444 e. The van der Waals surface area contributed by atoms with Crippen LogP contribution in [0.1, 0.15) is 35.6 Å². The van der Waals surface area contributed by atoms with Gasteiger partial charge in [-0.2, -0.15) is 0 Å². The lowest BCUT2D eigenvalue weighted by molar-refractivity contribution is 0.152. The van der Waals surface area contributed by atoms with Gasteiger partial charge < -0.3 is 14.6 Å². The fourth-order valence-corrected chi connectivity index (χ4v) is 3.40. The molecule has 7 heteroatoms. The lowest BCUT2D eigenvalue weighted by atomic mass is 10.0. The van der Waals surface area contributed by atoms with E-state index in [2.05, 4.69) is 10.6 Å². The van der Waals surface area contributed by atoms with Gasteiger partial charge in [-0.25, -0.2) is 9.59 Å². The minimum absolute atomic E-state index is 0.133. The topological polar surface area (TPSA) is 96.9 Å². The van der Waals surface area contributed by atoms with Crippen LogP contribution in [0, 0.1) is 5.92 Å². The third kappa shape index (κ3) is 6.82. The number of aliphatic hydroxyl groups excluding tert-OH is 1. The Kier molecular flexibility index (Phi) is 7.22. The molecule has 0 aliphatic heterocycles. The van der Waals surface area contributed by atoms with Crippen LogP contribution in [0.5, 0.6) is 0 Å². The van der Waals surface area contributed by atoms with E-state index >= 15 is 0 Å². The molecule has 1 atom stereocenters. The second-order valence-electron chi connectivity index (χ2n) is 8.00. The molecule has 1 aliphatic rings. The molecule has 33 heavy (non-hydrogen) atoms. The normalized spacial score (nSPS) is 13.6. The van der Waals surface area contributed by atoms with E-state index in [0.29, 0.717) is 16.9 Å². The number of amides is 2. The van der Waals surface area contributed by atoms with Crippen molar-refractivity contribution in [3.8, 4) is 0 Å². The minimum atomic E-state index is -0.673. The summed E-state index contributed by atoms with van der Waals surface area (Å²) >= 11 is 0. The maximum atomic E-state index is 12.3. The first-order valence-electron chi connectivity index (χ1n) is 10.9. The van der Waals surface area contributed by atoms with Gasteiger partial charge >= 0.3 is 12.2 Å². The lowest BCUT2D eigenvalue weighted by Gasteiger charge is -2.15. The van der Waals surface area contributed by atoms with Crippen molar-refractivity contribution in [1.29, 1.82) is 0 Å². The Hall–Kier alpha value is -3.84. The van der Waals surface area contributed by atoms with Gasteiger partial charge in [0, 0.05) is 11.4 Å². The largest absolute Gasteiger partial charge is 0.444 e. The Morgan fingerprint density at radius 3 is 1.67 bits per heavy atom. The number of rotatable bonds is 8. The van der Waals surface area contributed by atoms with Crippen LogP contribution >= 0.6 is 0 Å². The van der Waals surface area contributed by atoms with Crippen molar-refractivity contribution < 1.29 is 24.2 Å². The number of nitrogens with one attached hydrogen (secondary N) is 2. The van der Waals surface area contributed by atoms with Gasteiger partial charge in [0.2, 0.25) is 0 Å². The summed E-state index contributed by atoms with van der Waals surface area (Å²) < 4.78 is 10.6. The van der Waals surface area contributed by atoms with Crippen LogP contribution in [0.3, 0.4) is 0 Å². The summed E-state index contributed by atoms with van der Waals surface area (Å²) in [5, 5.41) is 15.9. The zero-order valence-corrected chi connectivity index (χ0v) is 18.1. The lowest BCUT2D eigenvalue weighted by Crippen LogP contribution is -2.16. The summed E-state index contributed by atoms with van der Waals surface area (Å²) in [6.45, 7) is 0.266. The molecular weight excluding hydrogens is 420 g/mol. The number of benzene rings is 3. The number of carbonyl (C=O) groups is 2. The maximum absolute atomic E-state index is 12.3. The van der Waals surface area contributed by atoms with Gasteiger partial charge in [0.1, 0.15) is 13.2 Å². The maximum Gasteiger partial charge on any atom is 0.411 e. The summed E-state index contributed by atoms with van der Waals surface area (Å²) in [6, 6.07) is 23.7. The molecule has 0 bridgehead atoms. The van der Waals surface area contributed by atoms with Crippen molar-refractivity contribution in [2.45, 2.75) is 32.2 Å². The second-order valence-corrected chi connectivity index (χ2v) is 8.00. The first kappa shape index (κ1) is 22.4. The molecule has 4 rings (SSSR count). The highest BCUT2D eigenvalue weighted by Crippen LogP contribution is 2.42. The Morgan fingerprint density at radius 1 is 0.788 bits per heavy atom. The summed E-state index contributed by atoms with van der Waals surface area (Å²) in [4.78, 5) is 24.6. The smallest absolute Gasteiger partial charge is 0.411 e. The standard InChI is InChI=1S/C26H26N2O5/c29-24(20-11-12-20)21-13-22(27-25(30)32-16-18-7-3-1-4-8-18)15-23(14-21)28-26(31)33-17-19-9-5-2-6-10-19/h1-10,13-15,20,24,29H,11-12,16-17H2,(H,27,30)(H,28,31). The molecule has 3 aromatic carbocycles. The molecule has 0 saturated heterocycles. The average Bonchev–Trinajstić information content (AvgIpc) is 3.68. The van der Waals surface area contributed by atoms with Crippen LogP contribution in [0.2, 0.25) is 0 Å². The third-order valence-corrected chi connectivity index (χ3v) is 5.28. The number of hydrogen-bond donors (Lipinski definition) is 3. The van der Waals surface area contributed by atoms with Crippen LogP contribution in [0.4, 0.5) is 21.0 Å². The molecule has 3 aromatic rings. The summed E-state index contributed by atoms with van der Waals surface area (Å²) in [5.74, 6) is 0.183. The van der Waals surface area contributed by atoms with Crippen LogP contribution < -0.4 is 10.6 Å². The van der Waals surface area contributed by atoms with Gasteiger partial charge in [0.05, 0.1) is 6.10 Å². The number of hydrogen-bond acceptors (Lipinski definition) is 5. The van der Waals surface area contributed by atoms with E-state index in [0.717, 1.165) is 24.0 Å². The Balaban J connectivity index is 1.41. The number of ether oxygens (including phenoxy) is 2. The molecule has 7 nitrogen and oxygen atoms in total. The molecule has 2 amide bonds. The molecule has 0 radical (unpaired) electrons. The van der Waals surface area contributed by atoms with Gasteiger partial charge in [-0.1, -0.05) is 60.7 Å². The van der Waals surface area contributed by atoms with E-state index < -0.39 is 18.3 Å². The second kappa shape index (κ2) is 10.7. The summed E-state index contributed by atoms with van der Waals surface area (Å²) in [6.07, 6.45) is -0.0448. The molecule has 1 fully saturated rings. The van der Waals surface area contributed by atoms with Crippen molar-refractivity contribution in [1.82, 2.24) is 0 Å². The third-order valence-electron chi connectivity index (χ3n) is 5.28. The summed E-state index contributed by atoms with van der Waals surface area (Å²) in [7, 11) is 0. The Bertz CT molecular complexity index is 1010. The van der Waals surface area contributed by atoms with Crippen LogP contribution in [0.15, 0.2) is 78.9 Å². The van der Waals surface area contributed by atoms with Gasteiger partial charge in [0.15, 0.2) is 0 Å². The Labute approximate surface area is 192 Å². The quantitative estimate of drug-likeness (QED) is 0.417. The SMILES string of the molecule is O=C(Nc1cc(NC(=O)OCc2ccccc2)cc(C(O)C2CC2)c1)OCc1ccccc1. The van der Waals surface area contributed by atoms with Crippen LogP contribution in [0.25, 0.3) is 0 Å². The molecule has 0 spiro atoms. The predicted molar refractivity (Wildman–Crippen MR) is 125 cm³/mol. The molecule has 0 heterocycles. The van der Waals surface area contributed by atoms with E-state index in [9.17, 15) is 14.7 Å². The highest BCUT2D eigenvalue weighted by Gasteiger charge is 2.31. The van der Waals surface area contributed by atoms with E-state index in [1.807, 2.05) is 60.7 Å². The molecule has 1 saturated carbocycles. The van der Waals surface area contributed by atoms with Gasteiger partial charge in [0.25, 0.3) is 0 Å². The number of aliphatic hydroxyl groups is 1. The average molecular weight is 447 g/mol. The van der Waals surface area contributed by atoms with E-state index in [4.69, 9.17) is 9.47 Å². The molecule has 1 unspecified atom stereocenters. The van der Waals surface area contributed by atoms with E-state index in [1.54, 1.807) is 18.2 Å². The predicted octanol–water partition coefficient (Wildman–Crippen LogP) is 5.63. The number of anilines is 2. The van der Waals surface area contributed by atoms with Gasteiger partial charge in [-0.15, -0.1) is 0 Å². The highest BCUT2D eigenvalue weighted by atomic mass is 16.6. The van der Waals surface area contributed by atoms with Crippen molar-refractivity contribution in [2.75, 3.05) is 10.6 Å². The first-order valence-corrected chi connectivity index (χ1v) is 10.9. The molecule has 170 valence electrons. The van der Waals surface area contributed by atoms with E-state index in [1.165, 1.54) is 0 Å². The first-order chi connectivity index (χ1) is 16.1. The Morgan fingerprint density at radius 2 is 1.24 bits per heavy atom. The molecule has 1 aliphatic carbocycles. The fourth-order valence-electron chi connectivity index (χ4n) is 3.40. The van der Waals surface area contributed by atoms with Crippen molar-refractivity contribution in [3.05, 3.63) is 95.6 Å². The van der Waals surface area contributed by atoms with Crippen molar-refractivity contribution >= 4 is 23.6 Å². The van der Waals surface area contributed by atoms with Gasteiger partial charge in [-0.05, 0) is 53.6 Å². The fraction of sp³-hybridized carbons (Fsp3) is 0.231. The summed E-state index contributed by atoms with van der Waals surface area (Å²) in [5.41, 5.74) is 3.16.